The van der Waals surface area contributed by atoms with Crippen molar-refractivity contribution in [3.05, 3.63) is 71.3 Å². The van der Waals surface area contributed by atoms with Crippen LogP contribution in [0.15, 0.2) is 54.6 Å². The van der Waals surface area contributed by atoms with E-state index in [0.29, 0.717) is 13.1 Å². The van der Waals surface area contributed by atoms with Crippen molar-refractivity contribution in [3.63, 3.8) is 0 Å². The van der Waals surface area contributed by atoms with Gasteiger partial charge in [-0.25, -0.2) is 0 Å². The molecule has 134 valence electrons. The van der Waals surface area contributed by atoms with Crippen molar-refractivity contribution >= 4 is 11.8 Å². The van der Waals surface area contributed by atoms with E-state index in [-0.39, 0.29) is 17.7 Å². The molecule has 1 fully saturated rings. The highest BCUT2D eigenvalue weighted by atomic mass is 16.2. The van der Waals surface area contributed by atoms with Crippen molar-refractivity contribution in [2.75, 3.05) is 13.6 Å². The molecule has 1 aliphatic heterocycles. The van der Waals surface area contributed by atoms with Crippen LogP contribution < -0.4 is 0 Å². The summed E-state index contributed by atoms with van der Waals surface area (Å²) in [5.41, 5.74) is 3.25. The zero-order valence-corrected chi connectivity index (χ0v) is 15.1. The molecule has 1 aliphatic carbocycles. The first kappa shape index (κ1) is 16.8. The monoisotopic (exact) mass is 348 g/mol. The third kappa shape index (κ3) is 3.24. The van der Waals surface area contributed by atoms with Crippen LogP contribution in [0.3, 0.4) is 0 Å². The van der Waals surface area contributed by atoms with Gasteiger partial charge in [0.25, 0.3) is 0 Å². The Morgan fingerprint density at radius 3 is 2.46 bits per heavy atom. The minimum Gasteiger partial charge on any atom is -0.339 e. The van der Waals surface area contributed by atoms with Crippen molar-refractivity contribution in [1.29, 1.82) is 0 Å². The van der Waals surface area contributed by atoms with Crippen LogP contribution in [-0.2, 0) is 22.6 Å². The second-order valence-corrected chi connectivity index (χ2v) is 7.34. The van der Waals surface area contributed by atoms with Crippen LogP contribution in [0, 0.1) is 5.92 Å². The highest BCUT2D eigenvalue weighted by Gasteiger charge is 2.42. The lowest BCUT2D eigenvalue weighted by Gasteiger charge is -2.38. The quantitative estimate of drug-likeness (QED) is 0.851. The maximum Gasteiger partial charge on any atom is 0.250 e. The predicted octanol–water partition coefficient (Wildman–Crippen LogP) is 3.18. The maximum atomic E-state index is 13.4. The van der Waals surface area contributed by atoms with E-state index in [1.165, 1.54) is 5.56 Å². The predicted molar refractivity (Wildman–Crippen MR) is 100 cm³/mol. The summed E-state index contributed by atoms with van der Waals surface area (Å²) in [6.45, 7) is 1.17. The maximum absolute atomic E-state index is 13.4. The number of amides is 2. The molecule has 2 aliphatic rings. The van der Waals surface area contributed by atoms with Gasteiger partial charge in [0, 0.05) is 26.1 Å². The molecule has 0 N–H and O–H groups in total. The number of carbonyl (C=O) groups is 2. The molecule has 1 saturated carbocycles. The lowest BCUT2D eigenvalue weighted by molar-refractivity contribution is -0.147. The lowest BCUT2D eigenvalue weighted by Crippen LogP contribution is -2.48. The summed E-state index contributed by atoms with van der Waals surface area (Å²) in [7, 11) is 1.83. The molecule has 2 aromatic carbocycles. The number of hydrogen-bond acceptors (Lipinski definition) is 2. The summed E-state index contributed by atoms with van der Waals surface area (Å²) >= 11 is 0. The molecule has 0 radical (unpaired) electrons. The average molecular weight is 348 g/mol. The molecular formula is C22H24N2O2. The second kappa shape index (κ2) is 6.94. The van der Waals surface area contributed by atoms with Crippen LogP contribution in [0.2, 0.25) is 0 Å². The van der Waals surface area contributed by atoms with Crippen LogP contribution in [0.1, 0.15) is 35.6 Å². The van der Waals surface area contributed by atoms with Crippen molar-refractivity contribution in [2.45, 2.75) is 31.8 Å². The molecule has 26 heavy (non-hydrogen) atoms. The van der Waals surface area contributed by atoms with Gasteiger partial charge in [-0.05, 0) is 36.0 Å². The third-order valence-corrected chi connectivity index (χ3v) is 5.37. The first-order valence-electron chi connectivity index (χ1n) is 9.32. The molecule has 2 amide bonds. The van der Waals surface area contributed by atoms with Crippen LogP contribution >= 0.6 is 0 Å². The minimum absolute atomic E-state index is 0.00463. The normalized spacial score (nSPS) is 19.0. The number of fused-ring (bicyclic) bond motifs is 1. The van der Waals surface area contributed by atoms with Crippen molar-refractivity contribution in [2.24, 2.45) is 5.92 Å². The van der Waals surface area contributed by atoms with Crippen LogP contribution in [0.5, 0.6) is 0 Å². The molecule has 4 rings (SSSR count). The highest BCUT2D eigenvalue weighted by Crippen LogP contribution is 2.37. The number of rotatable bonds is 4. The van der Waals surface area contributed by atoms with Gasteiger partial charge in [0.15, 0.2) is 0 Å². The SMILES string of the molecule is CN(Cc1ccccc1)C(=O)[C@H]1c2ccccc2CCN1C(=O)C1CC1. The Labute approximate surface area is 154 Å². The summed E-state index contributed by atoms with van der Waals surface area (Å²) in [6.07, 6.45) is 2.73. The van der Waals surface area contributed by atoms with Gasteiger partial charge in [-0.2, -0.15) is 0 Å². The van der Waals surface area contributed by atoms with Gasteiger partial charge in [0.05, 0.1) is 0 Å². The van der Waals surface area contributed by atoms with Gasteiger partial charge in [-0.3, -0.25) is 9.59 Å². The van der Waals surface area contributed by atoms with E-state index in [0.717, 1.165) is 30.4 Å². The van der Waals surface area contributed by atoms with E-state index < -0.39 is 6.04 Å². The van der Waals surface area contributed by atoms with Crippen LogP contribution in [-0.4, -0.2) is 35.2 Å². The molecule has 2 aromatic rings. The van der Waals surface area contributed by atoms with Crippen molar-refractivity contribution in [1.82, 2.24) is 9.80 Å². The highest BCUT2D eigenvalue weighted by molar-refractivity contribution is 5.91. The number of nitrogens with zero attached hydrogens (tertiary/aromatic N) is 2. The van der Waals surface area contributed by atoms with E-state index in [4.69, 9.17) is 0 Å². The summed E-state index contributed by atoms with van der Waals surface area (Å²) in [5, 5.41) is 0. The summed E-state index contributed by atoms with van der Waals surface area (Å²) in [5.74, 6) is 0.260. The Balaban J connectivity index is 1.62. The second-order valence-electron chi connectivity index (χ2n) is 7.34. The largest absolute Gasteiger partial charge is 0.339 e. The Morgan fingerprint density at radius 1 is 1.04 bits per heavy atom. The average Bonchev–Trinajstić information content (AvgIpc) is 3.52. The molecule has 0 saturated heterocycles. The summed E-state index contributed by atoms with van der Waals surface area (Å²) < 4.78 is 0. The summed E-state index contributed by atoms with van der Waals surface area (Å²) in [4.78, 5) is 29.7. The van der Waals surface area contributed by atoms with E-state index in [1.54, 1.807) is 4.90 Å². The number of benzene rings is 2. The van der Waals surface area contributed by atoms with E-state index >= 15 is 0 Å². The van der Waals surface area contributed by atoms with Gasteiger partial charge in [-0.15, -0.1) is 0 Å². The zero-order valence-electron chi connectivity index (χ0n) is 15.1. The topological polar surface area (TPSA) is 40.6 Å². The fourth-order valence-corrected chi connectivity index (χ4v) is 3.78. The van der Waals surface area contributed by atoms with E-state index in [2.05, 4.69) is 6.07 Å². The van der Waals surface area contributed by atoms with E-state index in [1.807, 2.05) is 60.5 Å². The van der Waals surface area contributed by atoms with Gasteiger partial charge in [-0.1, -0.05) is 54.6 Å². The molecular weight excluding hydrogens is 324 g/mol. The zero-order chi connectivity index (χ0) is 18.1. The standard InChI is InChI=1S/C22H24N2O2/c1-23(15-16-7-3-2-4-8-16)22(26)20-19-10-6-5-9-17(19)13-14-24(20)21(25)18-11-12-18/h2-10,18,20H,11-15H2,1H3/t20-/m1/s1. The van der Waals surface area contributed by atoms with Gasteiger partial charge in [0.1, 0.15) is 6.04 Å². The van der Waals surface area contributed by atoms with Gasteiger partial charge in [0.2, 0.25) is 11.8 Å². The Kier molecular flexibility index (Phi) is 4.49. The number of likely N-dealkylation sites (N-methyl/N-ethyl adjacent to an activating group) is 1. The third-order valence-electron chi connectivity index (χ3n) is 5.37. The Hall–Kier alpha value is -2.62. The molecule has 0 bridgehead atoms. The Bertz CT molecular complexity index is 814. The first-order valence-corrected chi connectivity index (χ1v) is 9.32. The fraction of sp³-hybridized carbons (Fsp3) is 0.364. The van der Waals surface area contributed by atoms with Crippen molar-refractivity contribution < 1.29 is 9.59 Å². The van der Waals surface area contributed by atoms with E-state index in [9.17, 15) is 9.59 Å². The molecule has 1 atom stereocenters. The van der Waals surface area contributed by atoms with Crippen LogP contribution in [0.4, 0.5) is 0 Å². The fourth-order valence-electron chi connectivity index (χ4n) is 3.78. The molecule has 0 aromatic heterocycles. The van der Waals surface area contributed by atoms with Crippen LogP contribution in [0.25, 0.3) is 0 Å². The molecule has 4 nitrogen and oxygen atoms in total. The molecule has 0 unspecified atom stereocenters. The number of carbonyl (C=O) groups excluding carboxylic acids is 2. The van der Waals surface area contributed by atoms with Gasteiger partial charge >= 0.3 is 0 Å². The van der Waals surface area contributed by atoms with Crippen molar-refractivity contribution in [3.8, 4) is 0 Å². The molecule has 0 spiro atoms. The molecule has 4 heteroatoms. The lowest BCUT2D eigenvalue weighted by atomic mass is 9.91. The summed E-state index contributed by atoms with van der Waals surface area (Å²) in [6, 6.07) is 17.5. The smallest absolute Gasteiger partial charge is 0.250 e. The Morgan fingerprint density at radius 2 is 1.73 bits per heavy atom. The minimum atomic E-state index is -0.498. The first-order chi connectivity index (χ1) is 12.6. The van der Waals surface area contributed by atoms with Gasteiger partial charge < -0.3 is 9.80 Å². The molecule has 1 heterocycles. The number of hydrogen-bond donors (Lipinski definition) is 0.